The van der Waals surface area contributed by atoms with Crippen molar-refractivity contribution in [3.05, 3.63) is 98.9 Å². The lowest BCUT2D eigenvalue weighted by Crippen LogP contribution is -2.25. The molecule has 1 aromatic heterocycles. The molecule has 0 spiro atoms. The summed E-state index contributed by atoms with van der Waals surface area (Å²) in [6, 6.07) is 13.0. The maximum atomic E-state index is 13.7. The summed E-state index contributed by atoms with van der Waals surface area (Å²) in [5.41, 5.74) is 6.97. The van der Waals surface area contributed by atoms with Crippen molar-refractivity contribution in [1.82, 2.24) is 9.88 Å². The SMILES string of the molecule is Cc1c2c(c(C)c(-c3ccc(Cl)c4cccnc34)c1CC(=O)O)CN(C(=O)c1cccc(F)c1)C2. The Labute approximate surface area is 206 Å². The molecule has 1 amide bonds. The minimum Gasteiger partial charge on any atom is -0.481 e. The van der Waals surface area contributed by atoms with Crippen molar-refractivity contribution < 1.29 is 19.1 Å². The molecule has 0 saturated heterocycles. The highest BCUT2D eigenvalue weighted by atomic mass is 35.5. The van der Waals surface area contributed by atoms with E-state index < -0.39 is 11.8 Å². The van der Waals surface area contributed by atoms with E-state index >= 15 is 0 Å². The number of fused-ring (bicyclic) bond motifs is 2. The molecule has 0 radical (unpaired) electrons. The third kappa shape index (κ3) is 3.94. The molecule has 5 rings (SSSR count). The first-order valence-corrected chi connectivity index (χ1v) is 11.6. The van der Waals surface area contributed by atoms with Crippen LogP contribution in [0.4, 0.5) is 4.39 Å². The number of carbonyl (C=O) groups excluding carboxylic acids is 1. The summed E-state index contributed by atoms with van der Waals surface area (Å²) in [5.74, 6) is -1.67. The van der Waals surface area contributed by atoms with Gasteiger partial charge in [0.05, 0.1) is 17.0 Å². The van der Waals surface area contributed by atoms with E-state index in [1.54, 1.807) is 23.2 Å². The number of hydrogen-bond donors (Lipinski definition) is 1. The van der Waals surface area contributed by atoms with E-state index in [2.05, 4.69) is 4.98 Å². The number of halogens is 2. The second-order valence-electron chi connectivity index (χ2n) is 8.80. The summed E-state index contributed by atoms with van der Waals surface area (Å²) in [6.45, 7) is 4.56. The van der Waals surface area contributed by atoms with Gasteiger partial charge in [-0.3, -0.25) is 14.6 Å². The third-order valence-corrected chi connectivity index (χ3v) is 7.10. The Bertz CT molecular complexity index is 1530. The van der Waals surface area contributed by atoms with Gasteiger partial charge in [0.1, 0.15) is 5.82 Å². The van der Waals surface area contributed by atoms with Gasteiger partial charge in [-0.15, -0.1) is 0 Å². The van der Waals surface area contributed by atoms with Gasteiger partial charge < -0.3 is 10.0 Å². The summed E-state index contributed by atoms with van der Waals surface area (Å²) in [4.78, 5) is 31.3. The average Bonchev–Trinajstić information content (AvgIpc) is 3.29. The van der Waals surface area contributed by atoms with E-state index in [-0.39, 0.29) is 17.9 Å². The van der Waals surface area contributed by atoms with Crippen LogP contribution < -0.4 is 0 Å². The second-order valence-corrected chi connectivity index (χ2v) is 9.20. The number of carboxylic acid groups (broad SMARTS) is 1. The zero-order valence-electron chi connectivity index (χ0n) is 19.2. The number of carbonyl (C=O) groups is 2. The lowest BCUT2D eigenvalue weighted by Gasteiger charge is -2.20. The van der Waals surface area contributed by atoms with E-state index in [0.29, 0.717) is 29.2 Å². The Morgan fingerprint density at radius 3 is 2.51 bits per heavy atom. The van der Waals surface area contributed by atoms with Crippen LogP contribution in [0.3, 0.4) is 0 Å². The first kappa shape index (κ1) is 23.0. The van der Waals surface area contributed by atoms with Crippen molar-refractivity contribution in [2.75, 3.05) is 0 Å². The molecule has 0 aliphatic carbocycles. The predicted octanol–water partition coefficient (Wildman–Crippen LogP) is 6.09. The summed E-state index contributed by atoms with van der Waals surface area (Å²) < 4.78 is 13.7. The summed E-state index contributed by atoms with van der Waals surface area (Å²) in [5, 5.41) is 11.1. The fourth-order valence-electron chi connectivity index (χ4n) is 5.09. The monoisotopic (exact) mass is 488 g/mol. The molecule has 1 N–H and O–H groups in total. The van der Waals surface area contributed by atoms with Crippen molar-refractivity contribution in [2.45, 2.75) is 33.4 Å². The van der Waals surface area contributed by atoms with Crippen LogP contribution in [0.1, 0.15) is 38.2 Å². The number of carboxylic acids is 1. The molecule has 0 unspecified atom stereocenters. The van der Waals surface area contributed by atoms with Gasteiger partial charge in [-0.25, -0.2) is 4.39 Å². The summed E-state index contributed by atoms with van der Waals surface area (Å²) in [7, 11) is 0. The number of aliphatic carboxylic acids is 1. The summed E-state index contributed by atoms with van der Waals surface area (Å²) >= 11 is 6.42. The quantitative estimate of drug-likeness (QED) is 0.377. The normalized spacial score (nSPS) is 12.7. The van der Waals surface area contributed by atoms with Crippen LogP contribution in [-0.2, 0) is 24.3 Å². The molecule has 0 atom stereocenters. The van der Waals surface area contributed by atoms with Gasteiger partial charge in [0, 0.05) is 35.8 Å². The fraction of sp³-hybridized carbons (Fsp3) is 0.179. The number of aromatic nitrogens is 1. The van der Waals surface area contributed by atoms with Crippen LogP contribution in [0.2, 0.25) is 5.02 Å². The van der Waals surface area contributed by atoms with E-state index in [0.717, 1.165) is 38.8 Å². The maximum absolute atomic E-state index is 13.7. The van der Waals surface area contributed by atoms with Crippen molar-refractivity contribution >= 4 is 34.4 Å². The van der Waals surface area contributed by atoms with Gasteiger partial charge in [0.25, 0.3) is 5.91 Å². The van der Waals surface area contributed by atoms with Crippen LogP contribution in [0.5, 0.6) is 0 Å². The zero-order chi connectivity index (χ0) is 24.9. The molecule has 0 saturated carbocycles. The lowest BCUT2D eigenvalue weighted by atomic mass is 9.84. The Balaban J connectivity index is 1.69. The van der Waals surface area contributed by atoms with E-state index in [9.17, 15) is 19.1 Å². The van der Waals surface area contributed by atoms with Crippen molar-refractivity contribution in [2.24, 2.45) is 0 Å². The number of rotatable bonds is 4. The number of hydrogen-bond acceptors (Lipinski definition) is 3. The minimum atomic E-state index is -0.939. The second kappa shape index (κ2) is 8.78. The van der Waals surface area contributed by atoms with Gasteiger partial charge in [-0.05, 0) is 83.6 Å². The van der Waals surface area contributed by atoms with Crippen molar-refractivity contribution in [1.29, 1.82) is 0 Å². The molecule has 1 aliphatic heterocycles. The van der Waals surface area contributed by atoms with Gasteiger partial charge in [0.15, 0.2) is 0 Å². The number of pyridine rings is 1. The minimum absolute atomic E-state index is 0.163. The molecular formula is C28H22ClFN2O3. The fourth-order valence-corrected chi connectivity index (χ4v) is 5.30. The van der Waals surface area contributed by atoms with Crippen molar-refractivity contribution in [3.63, 3.8) is 0 Å². The Kier molecular flexibility index (Phi) is 5.77. The topological polar surface area (TPSA) is 70.5 Å². The van der Waals surface area contributed by atoms with Crippen LogP contribution in [0.15, 0.2) is 54.7 Å². The maximum Gasteiger partial charge on any atom is 0.307 e. The highest BCUT2D eigenvalue weighted by Gasteiger charge is 2.31. The Morgan fingerprint density at radius 2 is 1.80 bits per heavy atom. The van der Waals surface area contributed by atoms with Crippen LogP contribution >= 0.6 is 11.6 Å². The predicted molar refractivity (Wildman–Crippen MR) is 133 cm³/mol. The van der Waals surface area contributed by atoms with E-state index in [4.69, 9.17) is 11.6 Å². The smallest absolute Gasteiger partial charge is 0.307 e. The van der Waals surface area contributed by atoms with E-state index in [1.165, 1.54) is 18.2 Å². The van der Waals surface area contributed by atoms with Gasteiger partial charge in [-0.1, -0.05) is 23.7 Å². The molecule has 3 aromatic carbocycles. The molecule has 35 heavy (non-hydrogen) atoms. The molecule has 0 fully saturated rings. The molecule has 7 heteroatoms. The highest BCUT2D eigenvalue weighted by Crippen LogP contribution is 2.42. The average molecular weight is 489 g/mol. The number of benzene rings is 3. The zero-order valence-corrected chi connectivity index (χ0v) is 20.0. The Hall–Kier alpha value is -3.77. The molecule has 4 aromatic rings. The van der Waals surface area contributed by atoms with Gasteiger partial charge >= 0.3 is 5.97 Å². The van der Waals surface area contributed by atoms with Gasteiger partial charge in [-0.2, -0.15) is 0 Å². The first-order valence-electron chi connectivity index (χ1n) is 11.2. The lowest BCUT2D eigenvalue weighted by molar-refractivity contribution is -0.136. The number of nitrogens with zero attached hydrogens (tertiary/aromatic N) is 2. The number of amides is 1. The molecule has 5 nitrogen and oxygen atoms in total. The molecule has 176 valence electrons. The highest BCUT2D eigenvalue weighted by molar-refractivity contribution is 6.35. The van der Waals surface area contributed by atoms with E-state index in [1.807, 2.05) is 32.0 Å². The molecular weight excluding hydrogens is 467 g/mol. The standard InChI is InChI=1S/C28H22ClFN2O3/c1-15-21(12-25(33)34)26(20-8-9-24(29)19-7-4-10-31-27(19)20)16(2)23-14-32(13-22(15)23)28(35)17-5-3-6-18(30)11-17/h3-11H,12-14H2,1-2H3,(H,33,34). The largest absolute Gasteiger partial charge is 0.481 e. The van der Waals surface area contributed by atoms with Crippen molar-refractivity contribution in [3.8, 4) is 11.1 Å². The molecule has 0 bridgehead atoms. The van der Waals surface area contributed by atoms with Crippen LogP contribution in [0.25, 0.3) is 22.0 Å². The molecule has 1 aliphatic rings. The first-order chi connectivity index (χ1) is 16.8. The molecule has 2 heterocycles. The summed E-state index contributed by atoms with van der Waals surface area (Å²) in [6.07, 6.45) is 1.53. The van der Waals surface area contributed by atoms with Crippen LogP contribution in [0, 0.1) is 19.7 Å². The van der Waals surface area contributed by atoms with Gasteiger partial charge in [0.2, 0.25) is 0 Å². The van der Waals surface area contributed by atoms with Crippen LogP contribution in [-0.4, -0.2) is 26.9 Å². The Morgan fingerprint density at radius 1 is 1.06 bits per heavy atom. The third-order valence-electron chi connectivity index (χ3n) is 6.77.